The van der Waals surface area contributed by atoms with Crippen LogP contribution < -0.4 is 4.74 Å². The Morgan fingerprint density at radius 2 is 2.27 bits per heavy atom. The van der Waals surface area contributed by atoms with Gasteiger partial charge in [0.05, 0.1) is 6.61 Å². The van der Waals surface area contributed by atoms with E-state index >= 15 is 0 Å². The van der Waals surface area contributed by atoms with Crippen molar-refractivity contribution in [2.75, 3.05) is 6.61 Å². The molecule has 0 radical (unpaired) electrons. The van der Waals surface area contributed by atoms with Crippen LogP contribution >= 0.6 is 0 Å². The van der Waals surface area contributed by atoms with E-state index in [0.29, 0.717) is 13.0 Å². The number of benzene rings is 1. The monoisotopic (exact) mass is 204 g/mol. The number of carbonyl (C=O) groups excluding carboxylic acids is 1. The van der Waals surface area contributed by atoms with Gasteiger partial charge in [-0.1, -0.05) is 18.2 Å². The largest absolute Gasteiger partial charge is 0.460 e. The number of rotatable bonds is 2. The number of hydrogen-bond acceptors (Lipinski definition) is 3. The smallest absolute Gasteiger partial charge is 0.373 e. The lowest BCUT2D eigenvalue weighted by Crippen LogP contribution is -2.16. The van der Waals surface area contributed by atoms with Gasteiger partial charge >= 0.3 is 5.97 Å². The maximum absolute atomic E-state index is 11.4. The summed E-state index contributed by atoms with van der Waals surface area (Å²) >= 11 is 0. The van der Waals surface area contributed by atoms with Crippen LogP contribution in [0.2, 0.25) is 0 Å². The lowest BCUT2D eigenvalue weighted by molar-refractivity contribution is -0.141. The molecule has 0 amide bonds. The van der Waals surface area contributed by atoms with Gasteiger partial charge in [-0.25, -0.2) is 4.79 Å². The van der Waals surface area contributed by atoms with Gasteiger partial charge in [-0.05, 0) is 31.1 Å². The number of allylic oxidation sites excluding steroid dienone is 1. The van der Waals surface area contributed by atoms with Crippen LogP contribution in [0, 0.1) is 0 Å². The Morgan fingerprint density at radius 1 is 1.47 bits per heavy atom. The second-order valence-electron chi connectivity index (χ2n) is 3.20. The quantitative estimate of drug-likeness (QED) is 0.692. The molecular weight excluding hydrogens is 192 g/mol. The Hall–Kier alpha value is -1.77. The molecule has 2 rings (SSSR count). The van der Waals surface area contributed by atoms with Crippen molar-refractivity contribution in [3.05, 3.63) is 41.7 Å². The first-order chi connectivity index (χ1) is 7.31. The van der Waals surface area contributed by atoms with Crippen LogP contribution in [-0.4, -0.2) is 12.6 Å². The highest BCUT2D eigenvalue weighted by molar-refractivity contribution is 5.87. The van der Waals surface area contributed by atoms with E-state index in [-0.39, 0.29) is 5.76 Å². The first-order valence-electron chi connectivity index (χ1n) is 4.94. The molecule has 0 aliphatic carbocycles. The Morgan fingerprint density at radius 3 is 3.07 bits per heavy atom. The SMILES string of the molecule is CCOC(=O)C1=CCc2ccccc2O1. The van der Waals surface area contributed by atoms with E-state index in [1.807, 2.05) is 24.3 Å². The molecule has 15 heavy (non-hydrogen) atoms. The summed E-state index contributed by atoms with van der Waals surface area (Å²) in [6, 6.07) is 7.66. The summed E-state index contributed by atoms with van der Waals surface area (Å²) in [4.78, 5) is 11.4. The normalized spacial score (nSPS) is 13.5. The topological polar surface area (TPSA) is 35.5 Å². The third kappa shape index (κ3) is 2.01. The van der Waals surface area contributed by atoms with E-state index in [1.54, 1.807) is 13.0 Å². The average Bonchev–Trinajstić information content (AvgIpc) is 2.29. The zero-order valence-corrected chi connectivity index (χ0v) is 8.53. The van der Waals surface area contributed by atoms with E-state index in [0.717, 1.165) is 11.3 Å². The number of para-hydroxylation sites is 1. The summed E-state index contributed by atoms with van der Waals surface area (Å²) in [7, 11) is 0. The molecule has 78 valence electrons. The molecular formula is C12H12O3. The van der Waals surface area contributed by atoms with Crippen molar-refractivity contribution < 1.29 is 14.3 Å². The molecule has 0 unspecified atom stereocenters. The van der Waals surface area contributed by atoms with Crippen molar-refractivity contribution in [3.63, 3.8) is 0 Å². The summed E-state index contributed by atoms with van der Waals surface area (Å²) in [5.41, 5.74) is 1.09. The standard InChI is InChI=1S/C12H12O3/c1-2-14-12(13)11-8-7-9-5-3-4-6-10(9)15-11/h3-6,8H,2,7H2,1H3. The number of esters is 1. The number of carbonyl (C=O) groups is 1. The van der Waals surface area contributed by atoms with E-state index in [9.17, 15) is 4.79 Å². The highest BCUT2D eigenvalue weighted by atomic mass is 16.6. The second kappa shape index (κ2) is 4.17. The molecule has 0 aromatic heterocycles. The molecule has 3 heteroatoms. The van der Waals surface area contributed by atoms with Gasteiger partial charge in [0.25, 0.3) is 0 Å². The molecule has 0 saturated carbocycles. The van der Waals surface area contributed by atoms with Crippen molar-refractivity contribution in [2.24, 2.45) is 0 Å². The molecule has 1 aliphatic heterocycles. The van der Waals surface area contributed by atoms with Gasteiger partial charge in [0.15, 0.2) is 0 Å². The fourth-order valence-corrected chi connectivity index (χ4v) is 1.46. The van der Waals surface area contributed by atoms with E-state index in [1.165, 1.54) is 0 Å². The lowest BCUT2D eigenvalue weighted by atomic mass is 10.1. The highest BCUT2D eigenvalue weighted by Crippen LogP contribution is 2.25. The predicted octanol–water partition coefficient (Wildman–Crippen LogP) is 2.07. The molecule has 0 atom stereocenters. The van der Waals surface area contributed by atoms with Gasteiger partial charge in [0, 0.05) is 0 Å². The van der Waals surface area contributed by atoms with Crippen LogP contribution in [0.25, 0.3) is 0 Å². The van der Waals surface area contributed by atoms with Crippen molar-refractivity contribution in [3.8, 4) is 5.75 Å². The minimum absolute atomic E-state index is 0.288. The summed E-state index contributed by atoms with van der Waals surface area (Å²) in [6.45, 7) is 2.14. The Kier molecular flexibility index (Phi) is 2.72. The number of fused-ring (bicyclic) bond motifs is 1. The molecule has 1 aliphatic rings. The van der Waals surface area contributed by atoms with Crippen LogP contribution in [0.15, 0.2) is 36.1 Å². The van der Waals surface area contributed by atoms with Gasteiger partial charge in [0.2, 0.25) is 5.76 Å². The van der Waals surface area contributed by atoms with E-state index in [2.05, 4.69) is 0 Å². The maximum atomic E-state index is 11.4. The van der Waals surface area contributed by atoms with Crippen LogP contribution in [0.3, 0.4) is 0 Å². The molecule has 0 bridgehead atoms. The minimum Gasteiger partial charge on any atom is -0.460 e. The summed E-state index contributed by atoms with van der Waals surface area (Å²) < 4.78 is 10.3. The van der Waals surface area contributed by atoms with Crippen molar-refractivity contribution in [2.45, 2.75) is 13.3 Å². The fourth-order valence-electron chi connectivity index (χ4n) is 1.46. The van der Waals surface area contributed by atoms with Crippen LogP contribution in [-0.2, 0) is 16.0 Å². The van der Waals surface area contributed by atoms with Gasteiger partial charge in [-0.15, -0.1) is 0 Å². The zero-order chi connectivity index (χ0) is 10.7. The van der Waals surface area contributed by atoms with Crippen LogP contribution in [0.4, 0.5) is 0 Å². The van der Waals surface area contributed by atoms with Crippen molar-refractivity contribution in [1.82, 2.24) is 0 Å². The Labute approximate surface area is 88.3 Å². The fraction of sp³-hybridized carbons (Fsp3) is 0.250. The number of ether oxygens (including phenoxy) is 2. The zero-order valence-electron chi connectivity index (χ0n) is 8.53. The van der Waals surface area contributed by atoms with Gasteiger partial charge < -0.3 is 9.47 Å². The maximum Gasteiger partial charge on any atom is 0.373 e. The highest BCUT2D eigenvalue weighted by Gasteiger charge is 2.18. The van der Waals surface area contributed by atoms with E-state index in [4.69, 9.17) is 9.47 Å². The first-order valence-corrected chi connectivity index (χ1v) is 4.94. The molecule has 1 aromatic carbocycles. The van der Waals surface area contributed by atoms with Crippen LogP contribution in [0.1, 0.15) is 12.5 Å². The minimum atomic E-state index is -0.396. The van der Waals surface area contributed by atoms with E-state index < -0.39 is 5.97 Å². The summed E-state index contributed by atoms with van der Waals surface area (Å²) in [5, 5.41) is 0. The molecule has 1 aromatic rings. The molecule has 0 fully saturated rings. The van der Waals surface area contributed by atoms with Gasteiger partial charge in [0.1, 0.15) is 5.75 Å². The molecule has 0 N–H and O–H groups in total. The third-order valence-corrected chi connectivity index (χ3v) is 2.18. The van der Waals surface area contributed by atoms with Crippen molar-refractivity contribution in [1.29, 1.82) is 0 Å². The Balaban J connectivity index is 2.16. The van der Waals surface area contributed by atoms with Gasteiger partial charge in [-0.3, -0.25) is 0 Å². The summed E-state index contributed by atoms with van der Waals surface area (Å²) in [6.07, 6.45) is 2.46. The second-order valence-corrected chi connectivity index (χ2v) is 3.20. The molecule has 0 spiro atoms. The molecule has 0 saturated heterocycles. The molecule has 1 heterocycles. The third-order valence-electron chi connectivity index (χ3n) is 2.18. The first kappa shape index (κ1) is 9.77. The number of hydrogen-bond donors (Lipinski definition) is 0. The Bertz CT molecular complexity index is 407. The predicted molar refractivity (Wildman–Crippen MR) is 55.5 cm³/mol. The molecule has 3 nitrogen and oxygen atoms in total. The lowest BCUT2D eigenvalue weighted by Gasteiger charge is -2.16. The average molecular weight is 204 g/mol. The van der Waals surface area contributed by atoms with Gasteiger partial charge in [-0.2, -0.15) is 0 Å². The van der Waals surface area contributed by atoms with Crippen LogP contribution in [0.5, 0.6) is 5.75 Å². The summed E-state index contributed by atoms with van der Waals surface area (Å²) in [5.74, 6) is 0.630. The van der Waals surface area contributed by atoms with Crippen molar-refractivity contribution >= 4 is 5.97 Å².